The molecule has 100 valence electrons. The minimum Gasteiger partial charge on any atom is -0.368 e. The maximum absolute atomic E-state index is 13.8. The van der Waals surface area contributed by atoms with Gasteiger partial charge in [0.2, 0.25) is 0 Å². The monoisotopic (exact) mass is 270 g/mol. The van der Waals surface area contributed by atoms with Crippen LogP contribution in [0.1, 0.15) is 19.4 Å². The van der Waals surface area contributed by atoms with E-state index in [0.717, 1.165) is 18.8 Å². The molecule has 1 aliphatic rings. The van der Waals surface area contributed by atoms with Gasteiger partial charge in [0.1, 0.15) is 5.82 Å². The SMILES string of the molecule is CC1CN(c2cccc(F)c2CCl)CC(C)N1C. The Labute approximate surface area is 113 Å². The number of anilines is 1. The number of rotatable bonds is 2. The van der Waals surface area contributed by atoms with E-state index in [2.05, 4.69) is 30.7 Å². The summed E-state index contributed by atoms with van der Waals surface area (Å²) in [4.78, 5) is 4.60. The first-order valence-corrected chi connectivity index (χ1v) is 6.88. The van der Waals surface area contributed by atoms with E-state index in [9.17, 15) is 4.39 Å². The maximum atomic E-state index is 13.8. The fourth-order valence-electron chi connectivity index (χ4n) is 2.58. The molecule has 2 nitrogen and oxygen atoms in total. The standard InChI is InChI=1S/C14H20ClFN2/c1-10-8-18(9-11(2)17(10)3)14-6-4-5-13(16)12(14)7-15/h4-6,10-11H,7-9H2,1-3H3. The molecule has 2 atom stereocenters. The molecule has 1 heterocycles. The van der Waals surface area contributed by atoms with E-state index in [0.29, 0.717) is 17.6 Å². The molecule has 2 unspecified atom stereocenters. The number of piperazine rings is 1. The van der Waals surface area contributed by atoms with Crippen molar-refractivity contribution >= 4 is 17.3 Å². The molecule has 1 aliphatic heterocycles. The van der Waals surface area contributed by atoms with E-state index in [-0.39, 0.29) is 11.7 Å². The first-order chi connectivity index (χ1) is 8.54. The molecule has 0 saturated carbocycles. The van der Waals surface area contributed by atoms with Crippen LogP contribution in [0.15, 0.2) is 18.2 Å². The summed E-state index contributed by atoms with van der Waals surface area (Å²) in [7, 11) is 2.14. The Kier molecular flexibility index (Phi) is 4.13. The minimum atomic E-state index is -0.207. The van der Waals surface area contributed by atoms with Crippen LogP contribution >= 0.6 is 11.6 Å². The second-order valence-electron chi connectivity index (χ2n) is 5.14. The zero-order valence-corrected chi connectivity index (χ0v) is 11.9. The Morgan fingerprint density at radius 2 is 1.89 bits per heavy atom. The van der Waals surface area contributed by atoms with Crippen LogP contribution in [-0.2, 0) is 5.88 Å². The van der Waals surface area contributed by atoms with Crippen molar-refractivity contribution in [1.29, 1.82) is 0 Å². The predicted octanol–water partition coefficient (Wildman–Crippen LogP) is 3.09. The van der Waals surface area contributed by atoms with Gasteiger partial charge in [-0.1, -0.05) is 6.07 Å². The molecule has 0 bridgehead atoms. The second kappa shape index (κ2) is 5.45. The van der Waals surface area contributed by atoms with Crippen molar-refractivity contribution in [2.24, 2.45) is 0 Å². The van der Waals surface area contributed by atoms with Crippen molar-refractivity contribution in [1.82, 2.24) is 4.90 Å². The summed E-state index contributed by atoms with van der Waals surface area (Å²) in [6, 6.07) is 6.12. The van der Waals surface area contributed by atoms with E-state index in [1.54, 1.807) is 6.07 Å². The Balaban J connectivity index is 2.29. The molecule has 0 N–H and O–H groups in total. The second-order valence-corrected chi connectivity index (χ2v) is 5.41. The number of likely N-dealkylation sites (N-methyl/N-ethyl adjacent to an activating group) is 1. The quantitative estimate of drug-likeness (QED) is 0.762. The number of benzene rings is 1. The summed E-state index contributed by atoms with van der Waals surface area (Å²) in [6.07, 6.45) is 0. The molecular weight excluding hydrogens is 251 g/mol. The van der Waals surface area contributed by atoms with E-state index < -0.39 is 0 Å². The number of nitrogens with zero attached hydrogens (tertiary/aromatic N) is 2. The zero-order chi connectivity index (χ0) is 13.3. The van der Waals surface area contributed by atoms with Gasteiger partial charge in [0.25, 0.3) is 0 Å². The Hall–Kier alpha value is -0.800. The lowest BCUT2D eigenvalue weighted by molar-refractivity contribution is 0.170. The van der Waals surface area contributed by atoms with Gasteiger partial charge in [0.05, 0.1) is 5.88 Å². The molecular formula is C14H20ClFN2. The van der Waals surface area contributed by atoms with Gasteiger partial charge in [-0.2, -0.15) is 0 Å². The molecule has 0 spiro atoms. The van der Waals surface area contributed by atoms with Crippen LogP contribution in [0.3, 0.4) is 0 Å². The minimum absolute atomic E-state index is 0.207. The van der Waals surface area contributed by atoms with Crippen LogP contribution in [0.4, 0.5) is 10.1 Å². The van der Waals surface area contributed by atoms with Crippen LogP contribution in [0, 0.1) is 5.82 Å². The third-order valence-electron chi connectivity index (χ3n) is 3.93. The average Bonchev–Trinajstić information content (AvgIpc) is 2.35. The van der Waals surface area contributed by atoms with Gasteiger partial charge in [-0.25, -0.2) is 4.39 Å². The molecule has 2 rings (SSSR count). The van der Waals surface area contributed by atoms with Crippen molar-refractivity contribution in [3.63, 3.8) is 0 Å². The topological polar surface area (TPSA) is 6.48 Å². The molecule has 0 aliphatic carbocycles. The lowest BCUT2D eigenvalue weighted by Gasteiger charge is -2.44. The van der Waals surface area contributed by atoms with Crippen molar-refractivity contribution in [3.05, 3.63) is 29.6 Å². The lowest BCUT2D eigenvalue weighted by Crippen LogP contribution is -2.55. The van der Waals surface area contributed by atoms with E-state index in [4.69, 9.17) is 11.6 Å². The van der Waals surface area contributed by atoms with E-state index in [1.165, 1.54) is 6.07 Å². The van der Waals surface area contributed by atoms with Gasteiger partial charge in [-0.15, -0.1) is 11.6 Å². The zero-order valence-electron chi connectivity index (χ0n) is 11.2. The highest BCUT2D eigenvalue weighted by atomic mass is 35.5. The summed E-state index contributed by atoms with van der Waals surface area (Å²) in [5, 5.41) is 0. The normalized spacial score (nSPS) is 25.5. The first-order valence-electron chi connectivity index (χ1n) is 6.34. The van der Waals surface area contributed by atoms with Crippen molar-refractivity contribution < 1.29 is 4.39 Å². The summed E-state index contributed by atoms with van der Waals surface area (Å²) < 4.78 is 13.8. The summed E-state index contributed by atoms with van der Waals surface area (Å²) >= 11 is 5.88. The van der Waals surface area contributed by atoms with Crippen LogP contribution in [-0.4, -0.2) is 37.1 Å². The molecule has 0 aromatic heterocycles. The third kappa shape index (κ3) is 2.47. The fraction of sp³-hybridized carbons (Fsp3) is 0.571. The van der Waals surface area contributed by atoms with Gasteiger partial charge in [-0.3, -0.25) is 4.90 Å². The fourth-order valence-corrected chi connectivity index (χ4v) is 2.84. The third-order valence-corrected chi connectivity index (χ3v) is 4.20. The Morgan fingerprint density at radius 1 is 1.28 bits per heavy atom. The van der Waals surface area contributed by atoms with Crippen LogP contribution in [0.25, 0.3) is 0 Å². The van der Waals surface area contributed by atoms with Crippen LogP contribution < -0.4 is 4.90 Å². The van der Waals surface area contributed by atoms with Crippen molar-refractivity contribution in [3.8, 4) is 0 Å². The Bertz CT molecular complexity index is 412. The number of hydrogen-bond acceptors (Lipinski definition) is 2. The maximum Gasteiger partial charge on any atom is 0.129 e. The highest BCUT2D eigenvalue weighted by Gasteiger charge is 2.27. The number of alkyl halides is 1. The van der Waals surface area contributed by atoms with Gasteiger partial charge in [0.15, 0.2) is 0 Å². The molecule has 1 fully saturated rings. The van der Waals surface area contributed by atoms with E-state index >= 15 is 0 Å². The largest absolute Gasteiger partial charge is 0.368 e. The summed E-state index contributed by atoms with van der Waals surface area (Å²) in [6.45, 7) is 6.22. The van der Waals surface area contributed by atoms with Crippen LogP contribution in [0.5, 0.6) is 0 Å². The van der Waals surface area contributed by atoms with Gasteiger partial charge < -0.3 is 4.90 Å². The predicted molar refractivity (Wildman–Crippen MR) is 74.9 cm³/mol. The lowest BCUT2D eigenvalue weighted by atomic mass is 10.1. The van der Waals surface area contributed by atoms with Gasteiger partial charge in [-0.05, 0) is 33.0 Å². The van der Waals surface area contributed by atoms with Crippen molar-refractivity contribution in [2.45, 2.75) is 31.8 Å². The number of halogens is 2. The van der Waals surface area contributed by atoms with Crippen molar-refractivity contribution in [2.75, 3.05) is 25.0 Å². The van der Waals surface area contributed by atoms with Gasteiger partial charge in [0, 0.05) is 36.4 Å². The molecule has 0 amide bonds. The number of hydrogen-bond donors (Lipinski definition) is 0. The highest BCUT2D eigenvalue weighted by Crippen LogP contribution is 2.28. The van der Waals surface area contributed by atoms with Gasteiger partial charge >= 0.3 is 0 Å². The first kappa shape index (κ1) is 13.6. The molecule has 0 radical (unpaired) electrons. The molecule has 1 aromatic carbocycles. The smallest absolute Gasteiger partial charge is 0.129 e. The average molecular weight is 271 g/mol. The summed E-state index contributed by atoms with van der Waals surface area (Å²) in [5.74, 6) is 0.0126. The molecule has 1 saturated heterocycles. The highest BCUT2D eigenvalue weighted by molar-refractivity contribution is 6.17. The summed E-state index contributed by atoms with van der Waals surface area (Å²) in [5.41, 5.74) is 1.56. The molecule has 4 heteroatoms. The molecule has 1 aromatic rings. The van der Waals surface area contributed by atoms with E-state index in [1.807, 2.05) is 6.07 Å². The Morgan fingerprint density at radius 3 is 2.44 bits per heavy atom. The van der Waals surface area contributed by atoms with Crippen LogP contribution in [0.2, 0.25) is 0 Å². The molecule has 18 heavy (non-hydrogen) atoms.